The zero-order chi connectivity index (χ0) is 23.8. The van der Waals surface area contributed by atoms with Crippen molar-refractivity contribution in [2.75, 3.05) is 11.5 Å². The first-order valence-corrected chi connectivity index (χ1v) is 11.6. The van der Waals surface area contributed by atoms with Crippen molar-refractivity contribution in [1.29, 1.82) is 0 Å². The monoisotopic (exact) mass is 471 g/mol. The fourth-order valence-corrected chi connectivity index (χ4v) is 4.94. The second-order valence-electron chi connectivity index (χ2n) is 7.80. The predicted molar refractivity (Wildman–Crippen MR) is 131 cm³/mol. The minimum atomic E-state index is -0.856. The summed E-state index contributed by atoms with van der Waals surface area (Å²) in [5.41, 5.74) is 1.15. The number of aliphatic hydroxyl groups is 1. The molecule has 1 amide bonds. The number of nitrogens with zero attached hydrogens (tertiary/aromatic N) is 3. The zero-order valence-electron chi connectivity index (χ0n) is 18.6. The number of aromatic nitrogens is 2. The van der Waals surface area contributed by atoms with Crippen molar-refractivity contribution < 1.29 is 19.4 Å². The van der Waals surface area contributed by atoms with E-state index in [1.165, 1.54) is 16.2 Å². The molecule has 0 bridgehead atoms. The van der Waals surface area contributed by atoms with Crippen LogP contribution in [0.15, 0.2) is 72.3 Å². The van der Waals surface area contributed by atoms with Gasteiger partial charge in [0, 0.05) is 5.56 Å². The number of carbonyl (C=O) groups excluding carboxylic acids is 2. The van der Waals surface area contributed by atoms with Gasteiger partial charge in [0.05, 0.1) is 18.2 Å². The van der Waals surface area contributed by atoms with Crippen LogP contribution < -0.4 is 9.64 Å². The van der Waals surface area contributed by atoms with Crippen LogP contribution >= 0.6 is 11.3 Å². The number of hydrogen-bond acceptors (Lipinski definition) is 7. The molecule has 1 saturated heterocycles. The lowest BCUT2D eigenvalue weighted by molar-refractivity contribution is -0.132. The number of amides is 1. The van der Waals surface area contributed by atoms with Crippen LogP contribution in [0.4, 0.5) is 5.13 Å². The summed E-state index contributed by atoms with van der Waals surface area (Å²) in [6.07, 6.45) is 0. The summed E-state index contributed by atoms with van der Waals surface area (Å²) < 4.78 is 5.48. The predicted octanol–water partition coefficient (Wildman–Crippen LogP) is 5.02. The third-order valence-corrected chi connectivity index (χ3v) is 6.56. The van der Waals surface area contributed by atoms with Gasteiger partial charge in [-0.25, -0.2) is 0 Å². The topological polar surface area (TPSA) is 92.6 Å². The van der Waals surface area contributed by atoms with Crippen LogP contribution in [0.2, 0.25) is 0 Å². The maximum atomic E-state index is 13.3. The molecule has 0 radical (unpaired) electrons. The lowest BCUT2D eigenvalue weighted by Crippen LogP contribution is -2.29. The average Bonchev–Trinajstić information content (AvgIpc) is 3.39. The number of aliphatic hydroxyl groups excluding tert-OH is 1. The Morgan fingerprint density at radius 2 is 1.76 bits per heavy atom. The van der Waals surface area contributed by atoms with E-state index in [0.717, 1.165) is 16.3 Å². The molecule has 8 heteroatoms. The van der Waals surface area contributed by atoms with Gasteiger partial charge < -0.3 is 9.84 Å². The van der Waals surface area contributed by atoms with Crippen LogP contribution in [0.3, 0.4) is 0 Å². The van der Waals surface area contributed by atoms with Gasteiger partial charge in [0.25, 0.3) is 5.78 Å². The summed E-state index contributed by atoms with van der Waals surface area (Å²) in [4.78, 5) is 27.9. The minimum absolute atomic E-state index is 0.0124. The fraction of sp³-hybridized carbons (Fsp3) is 0.154. The number of ether oxygens (including phenoxy) is 1. The molecule has 7 nitrogen and oxygen atoms in total. The number of hydrogen-bond donors (Lipinski definition) is 1. The molecule has 2 heterocycles. The molecule has 1 atom stereocenters. The van der Waals surface area contributed by atoms with Crippen molar-refractivity contribution in [2.45, 2.75) is 19.9 Å². The standard InChI is InChI=1S/C26H21N3O4S/c1-3-33-18-13-11-17(12-14-18)23(30)21-22(20-10-6-8-16-7-4-5-9-19(16)20)29(25(32)24(21)31)26-28-27-15(2)34-26/h4-14,22,30H,3H2,1-2H3/b23-21+. The van der Waals surface area contributed by atoms with E-state index in [4.69, 9.17) is 4.74 Å². The van der Waals surface area contributed by atoms with E-state index in [9.17, 15) is 14.7 Å². The number of ketones is 1. The Labute approximate surface area is 199 Å². The Morgan fingerprint density at radius 1 is 1.03 bits per heavy atom. The normalized spacial score (nSPS) is 17.5. The summed E-state index contributed by atoms with van der Waals surface area (Å²) >= 11 is 1.22. The van der Waals surface area contributed by atoms with Crippen molar-refractivity contribution in [3.8, 4) is 5.75 Å². The van der Waals surface area contributed by atoms with E-state index in [-0.39, 0.29) is 11.3 Å². The summed E-state index contributed by atoms with van der Waals surface area (Å²) in [5.74, 6) is -1.11. The van der Waals surface area contributed by atoms with Gasteiger partial charge in [0.2, 0.25) is 5.13 Å². The van der Waals surface area contributed by atoms with Crippen molar-refractivity contribution in [1.82, 2.24) is 10.2 Å². The van der Waals surface area contributed by atoms with Gasteiger partial charge in [-0.1, -0.05) is 53.8 Å². The average molecular weight is 472 g/mol. The molecule has 1 aliphatic rings. The highest BCUT2D eigenvalue weighted by molar-refractivity contribution is 7.15. The zero-order valence-corrected chi connectivity index (χ0v) is 19.4. The summed E-state index contributed by atoms with van der Waals surface area (Å²) in [7, 11) is 0. The maximum Gasteiger partial charge on any atom is 0.301 e. The first-order valence-electron chi connectivity index (χ1n) is 10.8. The van der Waals surface area contributed by atoms with E-state index < -0.39 is 17.7 Å². The third-order valence-electron chi connectivity index (χ3n) is 5.72. The van der Waals surface area contributed by atoms with Crippen LogP contribution in [0.5, 0.6) is 5.75 Å². The van der Waals surface area contributed by atoms with E-state index in [0.29, 0.717) is 28.1 Å². The van der Waals surface area contributed by atoms with Gasteiger partial charge in [-0.2, -0.15) is 0 Å². The Bertz CT molecular complexity index is 1440. The van der Waals surface area contributed by atoms with E-state index in [1.807, 2.05) is 49.4 Å². The van der Waals surface area contributed by atoms with Gasteiger partial charge in [-0.05, 0) is 54.4 Å². The Kier molecular flexibility index (Phi) is 5.59. The summed E-state index contributed by atoms with van der Waals surface area (Å²) in [6, 6.07) is 19.4. The number of benzene rings is 3. The highest BCUT2D eigenvalue weighted by Gasteiger charge is 2.48. The molecule has 1 unspecified atom stereocenters. The molecule has 0 saturated carbocycles. The van der Waals surface area contributed by atoms with Crippen LogP contribution in [-0.2, 0) is 9.59 Å². The molecule has 1 fully saturated rings. The molecular weight excluding hydrogens is 450 g/mol. The maximum absolute atomic E-state index is 13.3. The third kappa shape index (κ3) is 3.62. The molecule has 0 aliphatic carbocycles. The quantitative estimate of drug-likeness (QED) is 0.249. The van der Waals surface area contributed by atoms with E-state index in [2.05, 4.69) is 10.2 Å². The second-order valence-corrected chi connectivity index (χ2v) is 8.96. The SMILES string of the molecule is CCOc1ccc(/C(O)=C2\C(=O)C(=O)N(c3nnc(C)s3)C2c2cccc3ccccc23)cc1. The summed E-state index contributed by atoms with van der Waals surface area (Å²) in [6.45, 7) is 4.18. The fourth-order valence-electron chi connectivity index (χ4n) is 4.23. The first kappa shape index (κ1) is 21.8. The van der Waals surface area contributed by atoms with Crippen LogP contribution in [0, 0.1) is 6.92 Å². The van der Waals surface area contributed by atoms with Crippen molar-refractivity contribution in [3.05, 3.63) is 88.4 Å². The number of rotatable bonds is 5. The molecule has 3 aromatic carbocycles. The van der Waals surface area contributed by atoms with Gasteiger partial charge in [-0.3, -0.25) is 14.5 Å². The first-order chi connectivity index (χ1) is 16.5. The van der Waals surface area contributed by atoms with E-state index >= 15 is 0 Å². The molecule has 1 aliphatic heterocycles. The second kappa shape index (κ2) is 8.72. The largest absolute Gasteiger partial charge is 0.507 e. The number of fused-ring (bicyclic) bond motifs is 1. The number of carbonyl (C=O) groups is 2. The Morgan fingerprint density at radius 3 is 2.47 bits per heavy atom. The Balaban J connectivity index is 1.74. The molecular formula is C26H21N3O4S. The smallest absolute Gasteiger partial charge is 0.301 e. The molecule has 0 spiro atoms. The van der Waals surface area contributed by atoms with Gasteiger partial charge in [0.1, 0.15) is 16.5 Å². The van der Waals surface area contributed by atoms with Crippen LogP contribution in [0.1, 0.15) is 29.1 Å². The van der Waals surface area contributed by atoms with Gasteiger partial charge in [-0.15, -0.1) is 10.2 Å². The molecule has 4 aromatic rings. The lowest BCUT2D eigenvalue weighted by Gasteiger charge is -2.24. The lowest BCUT2D eigenvalue weighted by atomic mass is 9.92. The van der Waals surface area contributed by atoms with Crippen molar-refractivity contribution in [2.24, 2.45) is 0 Å². The van der Waals surface area contributed by atoms with Gasteiger partial charge in [0.15, 0.2) is 0 Å². The van der Waals surface area contributed by atoms with Crippen molar-refractivity contribution >= 4 is 44.7 Å². The number of anilines is 1. The molecule has 1 aromatic heterocycles. The van der Waals surface area contributed by atoms with E-state index in [1.54, 1.807) is 31.2 Å². The molecule has 5 rings (SSSR count). The number of aryl methyl sites for hydroxylation is 1. The molecule has 34 heavy (non-hydrogen) atoms. The highest BCUT2D eigenvalue weighted by atomic mass is 32.1. The molecule has 1 N–H and O–H groups in total. The number of Topliss-reactive ketones (excluding diaryl/α,β-unsaturated/α-hetero) is 1. The minimum Gasteiger partial charge on any atom is -0.507 e. The van der Waals surface area contributed by atoms with Crippen LogP contribution in [-0.4, -0.2) is 33.6 Å². The Hall–Kier alpha value is -4.04. The van der Waals surface area contributed by atoms with Crippen LogP contribution in [0.25, 0.3) is 16.5 Å². The summed E-state index contributed by atoms with van der Waals surface area (Å²) in [5, 5.41) is 22.3. The highest BCUT2D eigenvalue weighted by Crippen LogP contribution is 2.44. The van der Waals surface area contributed by atoms with Gasteiger partial charge >= 0.3 is 5.91 Å². The van der Waals surface area contributed by atoms with Crippen molar-refractivity contribution in [3.63, 3.8) is 0 Å². The molecule has 170 valence electrons.